The molecule has 0 radical (unpaired) electrons. The third-order valence-corrected chi connectivity index (χ3v) is 3.43. The Morgan fingerprint density at radius 1 is 1.62 bits per heavy atom. The molecule has 0 bridgehead atoms. The van der Waals surface area contributed by atoms with E-state index >= 15 is 0 Å². The van der Waals surface area contributed by atoms with Crippen molar-refractivity contribution in [2.24, 2.45) is 0 Å². The second kappa shape index (κ2) is 4.61. The van der Waals surface area contributed by atoms with Crippen LogP contribution in [0.3, 0.4) is 0 Å². The van der Waals surface area contributed by atoms with E-state index < -0.39 is 5.97 Å². The summed E-state index contributed by atoms with van der Waals surface area (Å²) in [4.78, 5) is 11.2. The molecule has 13 heavy (non-hydrogen) atoms. The minimum absolute atomic E-state index is 0.378. The van der Waals surface area contributed by atoms with Gasteiger partial charge in [0.1, 0.15) is 0 Å². The first-order valence-corrected chi connectivity index (χ1v) is 5.54. The summed E-state index contributed by atoms with van der Waals surface area (Å²) in [5, 5.41) is 0.427. The molecule has 0 aliphatic heterocycles. The number of methoxy groups -OCH3 is 1. The summed E-state index contributed by atoms with van der Waals surface area (Å²) in [6, 6.07) is 3.46. The third-order valence-electron chi connectivity index (χ3n) is 1.40. The Morgan fingerprint density at radius 2 is 2.23 bits per heavy atom. The summed E-state index contributed by atoms with van der Waals surface area (Å²) in [5.74, 6) is -0.427. The van der Waals surface area contributed by atoms with Crippen molar-refractivity contribution < 1.29 is 9.53 Å². The van der Waals surface area contributed by atoms with E-state index in [0.29, 0.717) is 10.6 Å². The number of esters is 1. The molecule has 0 fully saturated rings. The Kier molecular flexibility index (Phi) is 4.00. The molecule has 0 atom stereocenters. The molecule has 2 nitrogen and oxygen atoms in total. The van der Waals surface area contributed by atoms with Gasteiger partial charge in [0.05, 0.1) is 17.7 Å². The van der Waals surface area contributed by atoms with Crippen LogP contribution in [-0.2, 0) is 4.74 Å². The molecule has 0 aromatic heterocycles. The van der Waals surface area contributed by atoms with Crippen LogP contribution in [0.15, 0.2) is 16.6 Å². The van der Waals surface area contributed by atoms with E-state index in [2.05, 4.69) is 43.3 Å². The van der Waals surface area contributed by atoms with E-state index in [9.17, 15) is 4.79 Å². The second-order valence-corrected chi connectivity index (χ2v) is 4.70. The van der Waals surface area contributed by atoms with E-state index in [-0.39, 0.29) is 0 Å². The van der Waals surface area contributed by atoms with Crippen LogP contribution in [0.4, 0.5) is 0 Å². The molecule has 0 heterocycles. The monoisotopic (exact) mass is 374 g/mol. The van der Waals surface area contributed by atoms with Crippen molar-refractivity contribution in [3.05, 3.63) is 30.8 Å². The van der Waals surface area contributed by atoms with Crippen molar-refractivity contribution in [3.63, 3.8) is 0 Å². The summed E-state index contributed by atoms with van der Waals surface area (Å²) in [7, 11) is 1.33. The zero-order valence-corrected chi connectivity index (χ0v) is 11.1. The van der Waals surface area contributed by atoms with Crippen molar-refractivity contribution >= 4 is 56.1 Å². The van der Waals surface area contributed by atoms with E-state index in [1.54, 1.807) is 6.07 Å². The largest absolute Gasteiger partial charge is 0.465 e. The maximum Gasteiger partial charge on any atom is 0.339 e. The molecule has 70 valence electrons. The van der Waals surface area contributed by atoms with Gasteiger partial charge in [0.25, 0.3) is 0 Å². The molecule has 0 unspecified atom stereocenters. The first kappa shape index (κ1) is 11.3. The van der Waals surface area contributed by atoms with E-state index in [1.807, 2.05) is 6.07 Å². The van der Waals surface area contributed by atoms with Crippen LogP contribution in [0.25, 0.3) is 0 Å². The van der Waals surface area contributed by atoms with E-state index in [1.165, 1.54) is 7.11 Å². The van der Waals surface area contributed by atoms with Gasteiger partial charge in [0.15, 0.2) is 0 Å². The van der Waals surface area contributed by atoms with Gasteiger partial charge in [-0.15, -0.1) is 0 Å². The predicted molar refractivity (Wildman–Crippen MR) is 63.2 cm³/mol. The van der Waals surface area contributed by atoms with Crippen LogP contribution in [-0.4, -0.2) is 13.1 Å². The topological polar surface area (TPSA) is 26.3 Å². The first-order chi connectivity index (χ1) is 6.06. The Bertz CT molecular complexity index is 354. The molecule has 0 aliphatic carbocycles. The van der Waals surface area contributed by atoms with Gasteiger partial charge in [0, 0.05) is 8.04 Å². The molecule has 0 amide bonds. The number of rotatable bonds is 1. The molecule has 1 aromatic rings. The van der Waals surface area contributed by atoms with Crippen molar-refractivity contribution in [2.75, 3.05) is 7.11 Å². The van der Waals surface area contributed by atoms with Gasteiger partial charge >= 0.3 is 5.97 Å². The molecule has 0 spiro atoms. The Hall–Kier alpha value is 0.190. The molecular weight excluding hydrogens is 370 g/mol. The molecule has 0 saturated heterocycles. The maximum absolute atomic E-state index is 11.2. The quantitative estimate of drug-likeness (QED) is 0.427. The standard InChI is InChI=1S/C8H5BrClIO2/c1-13-8(12)5-2-4(9)3-6(11)7(5)10/h2-3H,1H3. The van der Waals surface area contributed by atoms with Gasteiger partial charge in [-0.2, -0.15) is 0 Å². The number of hydrogen-bond acceptors (Lipinski definition) is 2. The van der Waals surface area contributed by atoms with Gasteiger partial charge < -0.3 is 4.74 Å². The normalized spacial score (nSPS) is 9.85. The highest BCUT2D eigenvalue weighted by molar-refractivity contribution is 14.1. The summed E-state index contributed by atoms with van der Waals surface area (Å²) in [6.45, 7) is 0. The molecule has 0 saturated carbocycles. The van der Waals surface area contributed by atoms with Crippen molar-refractivity contribution in [1.29, 1.82) is 0 Å². The average molecular weight is 375 g/mol. The number of ether oxygens (including phenoxy) is 1. The van der Waals surface area contributed by atoms with Crippen molar-refractivity contribution in [2.45, 2.75) is 0 Å². The van der Waals surface area contributed by atoms with Crippen LogP contribution in [0.1, 0.15) is 10.4 Å². The van der Waals surface area contributed by atoms with Crippen molar-refractivity contribution in [1.82, 2.24) is 0 Å². The summed E-state index contributed by atoms with van der Waals surface area (Å²) >= 11 is 11.2. The van der Waals surface area contributed by atoms with Crippen LogP contribution in [0, 0.1) is 3.57 Å². The SMILES string of the molecule is COC(=O)c1cc(Br)cc(I)c1Cl. The lowest BCUT2D eigenvalue weighted by molar-refractivity contribution is 0.0601. The van der Waals surface area contributed by atoms with E-state index in [4.69, 9.17) is 11.6 Å². The Labute approximate surface area is 103 Å². The van der Waals surface area contributed by atoms with Gasteiger partial charge in [-0.25, -0.2) is 4.79 Å². The molecule has 1 rings (SSSR count). The lowest BCUT2D eigenvalue weighted by Crippen LogP contribution is -2.02. The molecular formula is C8H5BrClIO2. The fourth-order valence-electron chi connectivity index (χ4n) is 0.814. The summed E-state index contributed by atoms with van der Waals surface area (Å²) < 4.78 is 6.20. The molecule has 5 heteroatoms. The molecule has 0 N–H and O–H groups in total. The highest BCUT2D eigenvalue weighted by Crippen LogP contribution is 2.27. The number of carbonyl (C=O) groups is 1. The van der Waals surface area contributed by atoms with Gasteiger partial charge in [-0.3, -0.25) is 0 Å². The lowest BCUT2D eigenvalue weighted by Gasteiger charge is -2.04. The zero-order valence-electron chi connectivity index (χ0n) is 6.61. The fraction of sp³-hybridized carbons (Fsp3) is 0.125. The van der Waals surface area contributed by atoms with E-state index in [0.717, 1.165) is 8.04 Å². The third kappa shape index (κ3) is 2.57. The van der Waals surface area contributed by atoms with Gasteiger partial charge in [-0.05, 0) is 34.7 Å². The Balaban J connectivity index is 3.28. The highest BCUT2D eigenvalue weighted by atomic mass is 127. The molecule has 0 aliphatic rings. The minimum atomic E-state index is -0.427. The lowest BCUT2D eigenvalue weighted by atomic mass is 10.2. The number of hydrogen-bond donors (Lipinski definition) is 0. The Morgan fingerprint density at radius 3 is 2.77 bits per heavy atom. The number of carbonyl (C=O) groups excluding carboxylic acids is 1. The van der Waals surface area contributed by atoms with Gasteiger partial charge in [-0.1, -0.05) is 27.5 Å². The number of benzene rings is 1. The van der Waals surface area contributed by atoms with Crippen LogP contribution in [0.5, 0.6) is 0 Å². The summed E-state index contributed by atoms with van der Waals surface area (Å²) in [6.07, 6.45) is 0. The zero-order chi connectivity index (χ0) is 10.0. The second-order valence-electron chi connectivity index (χ2n) is 2.24. The predicted octanol–water partition coefficient (Wildman–Crippen LogP) is 3.49. The van der Waals surface area contributed by atoms with Crippen LogP contribution in [0.2, 0.25) is 5.02 Å². The average Bonchev–Trinajstić information content (AvgIpc) is 2.10. The van der Waals surface area contributed by atoms with Crippen LogP contribution >= 0.6 is 50.1 Å². The molecule has 1 aromatic carbocycles. The van der Waals surface area contributed by atoms with Crippen LogP contribution < -0.4 is 0 Å². The first-order valence-electron chi connectivity index (χ1n) is 3.29. The van der Waals surface area contributed by atoms with Gasteiger partial charge in [0.2, 0.25) is 0 Å². The summed E-state index contributed by atoms with van der Waals surface area (Å²) in [5.41, 5.74) is 0.378. The van der Waals surface area contributed by atoms with Crippen molar-refractivity contribution in [3.8, 4) is 0 Å². The number of halogens is 3. The fourth-order valence-corrected chi connectivity index (χ4v) is 2.51. The smallest absolute Gasteiger partial charge is 0.339 e. The maximum atomic E-state index is 11.2. The highest BCUT2D eigenvalue weighted by Gasteiger charge is 2.13. The minimum Gasteiger partial charge on any atom is -0.465 e.